The van der Waals surface area contributed by atoms with Gasteiger partial charge in [0, 0.05) is 5.70 Å². The number of fused-ring (bicyclic) bond motifs is 1. The van der Waals surface area contributed by atoms with E-state index in [4.69, 9.17) is 12.2 Å². The van der Waals surface area contributed by atoms with Crippen LogP contribution >= 0.6 is 12.2 Å². The first kappa shape index (κ1) is 11.5. The Labute approximate surface area is 113 Å². The summed E-state index contributed by atoms with van der Waals surface area (Å²) in [6.45, 7) is 0. The average Bonchev–Trinajstić information content (AvgIpc) is 2.64. The molecule has 2 aliphatic rings. The second kappa shape index (κ2) is 4.94. The van der Waals surface area contributed by atoms with E-state index in [1.54, 1.807) is 0 Å². The lowest BCUT2D eigenvalue weighted by atomic mass is 9.94. The lowest BCUT2D eigenvalue weighted by Gasteiger charge is -2.31. The summed E-state index contributed by atoms with van der Waals surface area (Å²) in [5.74, 6) is 0. The molecule has 0 bridgehead atoms. The molecule has 1 aromatic rings. The summed E-state index contributed by atoms with van der Waals surface area (Å²) in [6, 6.07) is 10.7. The van der Waals surface area contributed by atoms with Gasteiger partial charge in [0.1, 0.15) is 0 Å². The van der Waals surface area contributed by atoms with E-state index in [2.05, 4.69) is 47.1 Å². The van der Waals surface area contributed by atoms with Crippen molar-refractivity contribution in [2.75, 3.05) is 0 Å². The van der Waals surface area contributed by atoms with Crippen LogP contribution in [0.4, 0.5) is 0 Å². The van der Waals surface area contributed by atoms with Gasteiger partial charge in [0.2, 0.25) is 0 Å². The maximum absolute atomic E-state index is 5.31. The molecule has 0 aromatic heterocycles. The molecule has 1 heterocycles. The van der Waals surface area contributed by atoms with Gasteiger partial charge in [0.25, 0.3) is 0 Å². The zero-order valence-corrected chi connectivity index (χ0v) is 11.0. The Morgan fingerprint density at radius 2 is 1.83 bits per heavy atom. The normalized spacial score (nSPS) is 22.9. The van der Waals surface area contributed by atoms with Gasteiger partial charge in [-0.05, 0) is 42.6 Å². The Morgan fingerprint density at radius 1 is 1.06 bits per heavy atom. The summed E-state index contributed by atoms with van der Waals surface area (Å²) in [4.78, 5) is 0. The SMILES string of the molecule is S=C1NC2=CCCCC=C2C(c2ccccc2)N1. The van der Waals surface area contributed by atoms with Crippen LogP contribution in [0.15, 0.2) is 53.8 Å². The molecule has 2 nitrogen and oxygen atoms in total. The van der Waals surface area contributed by atoms with Crippen LogP contribution in [0.5, 0.6) is 0 Å². The number of hydrogen-bond donors (Lipinski definition) is 2. The molecule has 0 saturated carbocycles. The monoisotopic (exact) mass is 256 g/mol. The highest BCUT2D eigenvalue weighted by Crippen LogP contribution is 2.31. The van der Waals surface area contributed by atoms with E-state index >= 15 is 0 Å². The van der Waals surface area contributed by atoms with E-state index in [9.17, 15) is 0 Å². The highest BCUT2D eigenvalue weighted by atomic mass is 32.1. The zero-order chi connectivity index (χ0) is 12.4. The lowest BCUT2D eigenvalue weighted by molar-refractivity contribution is 0.698. The minimum Gasteiger partial charge on any atom is -0.351 e. The van der Waals surface area contributed by atoms with Crippen LogP contribution in [0, 0.1) is 0 Å². The fraction of sp³-hybridized carbons (Fsp3) is 0.267. The van der Waals surface area contributed by atoms with E-state index in [0.717, 1.165) is 12.8 Å². The van der Waals surface area contributed by atoms with Crippen molar-refractivity contribution in [3.63, 3.8) is 0 Å². The lowest BCUT2D eigenvalue weighted by Crippen LogP contribution is -2.44. The van der Waals surface area contributed by atoms with Crippen molar-refractivity contribution < 1.29 is 0 Å². The fourth-order valence-corrected chi connectivity index (χ4v) is 2.75. The Balaban J connectivity index is 2.02. The van der Waals surface area contributed by atoms with Crippen molar-refractivity contribution in [1.29, 1.82) is 0 Å². The highest BCUT2D eigenvalue weighted by molar-refractivity contribution is 7.80. The second-order valence-corrected chi connectivity index (χ2v) is 5.06. The van der Waals surface area contributed by atoms with Gasteiger partial charge in [-0.25, -0.2) is 0 Å². The van der Waals surface area contributed by atoms with Gasteiger partial charge in [-0.2, -0.15) is 0 Å². The summed E-state index contributed by atoms with van der Waals surface area (Å²) in [7, 11) is 0. The molecule has 1 unspecified atom stereocenters. The molecule has 1 saturated heterocycles. The standard InChI is InChI=1S/C15H16N2S/c18-15-16-13-10-6-2-5-9-12(13)14(17-15)11-7-3-1-4-8-11/h1,3-4,7-10,14H,2,5-6H2,(H2,16,17,18). The van der Waals surface area contributed by atoms with Crippen molar-refractivity contribution in [2.24, 2.45) is 0 Å². The number of hydrogen-bond acceptors (Lipinski definition) is 1. The van der Waals surface area contributed by atoms with E-state index in [1.165, 1.54) is 23.3 Å². The maximum Gasteiger partial charge on any atom is 0.171 e. The molecule has 3 rings (SSSR count). The van der Waals surface area contributed by atoms with Gasteiger partial charge in [0.15, 0.2) is 5.11 Å². The Kier molecular flexibility index (Phi) is 3.15. The van der Waals surface area contributed by atoms with Crippen molar-refractivity contribution in [3.8, 4) is 0 Å². The average molecular weight is 256 g/mol. The summed E-state index contributed by atoms with van der Waals surface area (Å²) < 4.78 is 0. The molecule has 1 aliphatic carbocycles. The van der Waals surface area contributed by atoms with Crippen LogP contribution in [0.2, 0.25) is 0 Å². The Hall–Kier alpha value is -1.61. The summed E-state index contributed by atoms with van der Waals surface area (Å²) in [5.41, 5.74) is 3.78. The van der Waals surface area contributed by atoms with Crippen molar-refractivity contribution in [3.05, 3.63) is 59.3 Å². The molecular weight excluding hydrogens is 240 g/mol. The number of thiocarbonyl (C=S) groups is 1. The van der Waals surface area contributed by atoms with Crippen LogP contribution in [0.25, 0.3) is 0 Å². The highest BCUT2D eigenvalue weighted by Gasteiger charge is 2.26. The first-order valence-electron chi connectivity index (χ1n) is 6.37. The van der Waals surface area contributed by atoms with Crippen LogP contribution < -0.4 is 10.6 Å². The molecule has 1 atom stereocenters. The number of benzene rings is 1. The second-order valence-electron chi connectivity index (χ2n) is 4.65. The van der Waals surface area contributed by atoms with Crippen LogP contribution in [-0.4, -0.2) is 5.11 Å². The molecule has 1 aromatic carbocycles. The van der Waals surface area contributed by atoms with Crippen LogP contribution in [0.3, 0.4) is 0 Å². The zero-order valence-electron chi connectivity index (χ0n) is 10.1. The third-order valence-electron chi connectivity index (χ3n) is 3.40. The predicted octanol–water partition coefficient (Wildman–Crippen LogP) is 3.20. The molecule has 0 radical (unpaired) electrons. The Bertz CT molecular complexity index is 517. The van der Waals surface area contributed by atoms with Gasteiger partial charge in [-0.15, -0.1) is 0 Å². The molecule has 0 spiro atoms. The minimum atomic E-state index is 0.185. The topological polar surface area (TPSA) is 24.1 Å². The first-order valence-corrected chi connectivity index (χ1v) is 6.78. The van der Waals surface area contributed by atoms with Crippen LogP contribution in [-0.2, 0) is 0 Å². The van der Waals surface area contributed by atoms with Crippen molar-refractivity contribution >= 4 is 17.3 Å². The number of nitrogens with one attached hydrogen (secondary N) is 2. The molecule has 3 heteroatoms. The molecular formula is C15H16N2S. The van der Waals surface area contributed by atoms with E-state index < -0.39 is 0 Å². The molecule has 2 N–H and O–H groups in total. The van der Waals surface area contributed by atoms with Gasteiger partial charge >= 0.3 is 0 Å². The molecule has 92 valence electrons. The molecule has 1 fully saturated rings. The predicted molar refractivity (Wildman–Crippen MR) is 78.1 cm³/mol. The quantitative estimate of drug-likeness (QED) is 0.755. The van der Waals surface area contributed by atoms with Crippen LogP contribution in [0.1, 0.15) is 30.9 Å². The van der Waals surface area contributed by atoms with E-state index in [0.29, 0.717) is 5.11 Å². The third-order valence-corrected chi connectivity index (χ3v) is 3.62. The molecule has 1 aliphatic heterocycles. The number of rotatable bonds is 1. The van der Waals surface area contributed by atoms with Gasteiger partial charge in [0.05, 0.1) is 6.04 Å². The van der Waals surface area contributed by atoms with Gasteiger partial charge in [-0.3, -0.25) is 0 Å². The van der Waals surface area contributed by atoms with E-state index in [1.807, 2.05) is 6.07 Å². The third kappa shape index (κ3) is 2.18. The fourth-order valence-electron chi connectivity index (χ4n) is 2.52. The minimum absolute atomic E-state index is 0.185. The van der Waals surface area contributed by atoms with Gasteiger partial charge in [-0.1, -0.05) is 42.5 Å². The molecule has 18 heavy (non-hydrogen) atoms. The summed E-state index contributed by atoms with van der Waals surface area (Å²) >= 11 is 5.31. The molecule has 0 amide bonds. The van der Waals surface area contributed by atoms with Crippen molar-refractivity contribution in [2.45, 2.75) is 25.3 Å². The van der Waals surface area contributed by atoms with Gasteiger partial charge < -0.3 is 10.6 Å². The smallest absolute Gasteiger partial charge is 0.171 e. The largest absolute Gasteiger partial charge is 0.351 e. The summed E-state index contributed by atoms with van der Waals surface area (Å²) in [5, 5.41) is 7.36. The number of allylic oxidation sites excluding steroid dienone is 2. The first-order chi connectivity index (χ1) is 8.84. The van der Waals surface area contributed by atoms with E-state index in [-0.39, 0.29) is 6.04 Å². The maximum atomic E-state index is 5.31. The van der Waals surface area contributed by atoms with Crippen molar-refractivity contribution in [1.82, 2.24) is 10.6 Å². The Morgan fingerprint density at radius 3 is 2.67 bits per heavy atom. The summed E-state index contributed by atoms with van der Waals surface area (Å²) in [6.07, 6.45) is 8.06.